The molecule has 122 valence electrons. The van der Waals surface area contributed by atoms with E-state index in [9.17, 15) is 4.79 Å². The number of nitrogens with zero attached hydrogens (tertiary/aromatic N) is 2. The molecule has 5 heteroatoms. The Hall–Kier alpha value is -3.65. The van der Waals surface area contributed by atoms with Crippen LogP contribution in [0.2, 0.25) is 0 Å². The molecular weight excluding hydrogens is 312 g/mol. The number of aryl methyl sites for hydroxylation is 1. The minimum absolute atomic E-state index is 0.271. The molecule has 0 saturated carbocycles. The summed E-state index contributed by atoms with van der Waals surface area (Å²) in [6.45, 7) is 9.41. The van der Waals surface area contributed by atoms with Gasteiger partial charge in [0.2, 0.25) is 0 Å². The summed E-state index contributed by atoms with van der Waals surface area (Å²) in [5, 5.41) is 1.84. The molecule has 25 heavy (non-hydrogen) atoms. The number of rotatable bonds is 2. The first-order valence-corrected chi connectivity index (χ1v) is 7.65. The van der Waals surface area contributed by atoms with Crippen LogP contribution in [0.3, 0.4) is 0 Å². The van der Waals surface area contributed by atoms with Crippen LogP contribution < -0.4 is 11.5 Å². The molecule has 0 unspecified atom stereocenters. The standard InChI is InChI=1S/C20H16N4O/c1-12-5-3-8-16(18(12)23-2)15-7-4-6-13-9-10-14(11-17(13)15)19(25)24-20(21)22/h3-11H,1H3,(H4,21,22,24,25). The van der Waals surface area contributed by atoms with Gasteiger partial charge in [-0.25, -0.2) is 4.85 Å². The fourth-order valence-corrected chi connectivity index (χ4v) is 2.85. The van der Waals surface area contributed by atoms with Gasteiger partial charge < -0.3 is 11.5 Å². The molecule has 0 aliphatic rings. The van der Waals surface area contributed by atoms with E-state index in [1.807, 2.05) is 49.4 Å². The molecule has 5 nitrogen and oxygen atoms in total. The topological polar surface area (TPSA) is 85.8 Å². The number of hydrogen-bond acceptors (Lipinski definition) is 1. The molecule has 0 spiro atoms. The van der Waals surface area contributed by atoms with Gasteiger partial charge >= 0.3 is 0 Å². The van der Waals surface area contributed by atoms with E-state index in [1.54, 1.807) is 12.1 Å². The van der Waals surface area contributed by atoms with Crippen molar-refractivity contribution in [3.8, 4) is 11.1 Å². The molecule has 0 fully saturated rings. The maximum Gasteiger partial charge on any atom is 0.280 e. The first-order valence-electron chi connectivity index (χ1n) is 7.65. The predicted octanol–water partition coefficient (Wildman–Crippen LogP) is 3.78. The van der Waals surface area contributed by atoms with E-state index < -0.39 is 5.91 Å². The minimum Gasteiger partial charge on any atom is -0.370 e. The molecule has 3 rings (SSSR count). The van der Waals surface area contributed by atoms with Crippen molar-refractivity contribution in [3.05, 3.63) is 77.1 Å². The molecule has 3 aromatic rings. The highest BCUT2D eigenvalue weighted by Gasteiger charge is 2.12. The number of hydrogen-bond donors (Lipinski definition) is 2. The van der Waals surface area contributed by atoms with E-state index in [-0.39, 0.29) is 5.96 Å². The third-order valence-corrected chi connectivity index (χ3v) is 4.00. The summed E-state index contributed by atoms with van der Waals surface area (Å²) in [7, 11) is 0. The Labute approximate surface area is 145 Å². The summed E-state index contributed by atoms with van der Waals surface area (Å²) >= 11 is 0. The summed E-state index contributed by atoms with van der Waals surface area (Å²) in [5.41, 5.74) is 14.2. The van der Waals surface area contributed by atoms with Crippen molar-refractivity contribution in [2.45, 2.75) is 6.92 Å². The lowest BCUT2D eigenvalue weighted by molar-refractivity contribution is 0.100. The second-order valence-corrected chi connectivity index (χ2v) is 5.67. The zero-order valence-corrected chi connectivity index (χ0v) is 13.7. The number of nitrogens with two attached hydrogens (primary N) is 2. The number of benzene rings is 3. The lowest BCUT2D eigenvalue weighted by atomic mass is 9.94. The van der Waals surface area contributed by atoms with Crippen molar-refractivity contribution in [2.24, 2.45) is 16.5 Å². The average Bonchev–Trinajstić information content (AvgIpc) is 2.60. The second-order valence-electron chi connectivity index (χ2n) is 5.67. The van der Waals surface area contributed by atoms with Crippen LogP contribution in [0.1, 0.15) is 15.9 Å². The second kappa shape index (κ2) is 6.46. The van der Waals surface area contributed by atoms with Crippen LogP contribution in [0.25, 0.3) is 26.7 Å². The highest BCUT2D eigenvalue weighted by molar-refractivity contribution is 6.07. The zero-order chi connectivity index (χ0) is 18.0. The Bertz CT molecular complexity index is 1060. The lowest BCUT2D eigenvalue weighted by Crippen LogP contribution is -2.24. The highest BCUT2D eigenvalue weighted by Crippen LogP contribution is 2.37. The molecule has 1 amide bonds. The third kappa shape index (κ3) is 3.06. The number of para-hydroxylation sites is 1. The van der Waals surface area contributed by atoms with Crippen LogP contribution in [0.4, 0.5) is 5.69 Å². The van der Waals surface area contributed by atoms with E-state index in [1.165, 1.54) is 0 Å². The van der Waals surface area contributed by atoms with Crippen LogP contribution >= 0.6 is 0 Å². The number of guanidine groups is 1. The lowest BCUT2D eigenvalue weighted by Gasteiger charge is -2.11. The van der Waals surface area contributed by atoms with Gasteiger partial charge in [0.1, 0.15) is 0 Å². The number of carbonyl (C=O) groups excluding carboxylic acids is 1. The van der Waals surface area contributed by atoms with Gasteiger partial charge in [-0.2, -0.15) is 4.99 Å². The molecule has 0 aliphatic carbocycles. The van der Waals surface area contributed by atoms with Crippen LogP contribution in [-0.2, 0) is 0 Å². The van der Waals surface area contributed by atoms with Crippen LogP contribution in [-0.4, -0.2) is 11.9 Å². The Kier molecular flexibility index (Phi) is 4.19. The smallest absolute Gasteiger partial charge is 0.280 e. The molecule has 4 N–H and O–H groups in total. The minimum atomic E-state index is -0.494. The van der Waals surface area contributed by atoms with E-state index in [0.29, 0.717) is 11.3 Å². The molecule has 0 heterocycles. The number of amides is 1. The normalized spacial score (nSPS) is 10.2. The molecular formula is C20H16N4O. The van der Waals surface area contributed by atoms with Crippen molar-refractivity contribution in [2.75, 3.05) is 0 Å². The highest BCUT2D eigenvalue weighted by atomic mass is 16.1. The summed E-state index contributed by atoms with van der Waals surface area (Å²) in [4.78, 5) is 19.4. The molecule has 0 aromatic heterocycles. The van der Waals surface area contributed by atoms with Crippen molar-refractivity contribution < 1.29 is 4.79 Å². The Morgan fingerprint density at radius 2 is 1.76 bits per heavy atom. The fraction of sp³-hybridized carbons (Fsp3) is 0.0500. The van der Waals surface area contributed by atoms with Gasteiger partial charge in [0, 0.05) is 5.56 Å². The molecule has 0 bridgehead atoms. The molecule has 3 aromatic carbocycles. The van der Waals surface area contributed by atoms with Gasteiger partial charge in [0.25, 0.3) is 5.91 Å². The average molecular weight is 328 g/mol. The van der Waals surface area contributed by atoms with Crippen LogP contribution in [0.5, 0.6) is 0 Å². The summed E-state index contributed by atoms with van der Waals surface area (Å²) in [6.07, 6.45) is 0. The molecule has 0 atom stereocenters. The van der Waals surface area contributed by atoms with Crippen molar-refractivity contribution in [3.63, 3.8) is 0 Å². The fourth-order valence-electron chi connectivity index (χ4n) is 2.85. The molecule has 0 aliphatic heterocycles. The monoisotopic (exact) mass is 328 g/mol. The number of fused-ring (bicyclic) bond motifs is 1. The van der Waals surface area contributed by atoms with Gasteiger partial charge in [0.15, 0.2) is 11.6 Å². The molecule has 0 saturated heterocycles. The number of carbonyl (C=O) groups is 1. The van der Waals surface area contributed by atoms with E-state index in [4.69, 9.17) is 18.0 Å². The summed E-state index contributed by atoms with van der Waals surface area (Å²) in [6, 6.07) is 16.9. The van der Waals surface area contributed by atoms with Crippen LogP contribution in [0, 0.1) is 13.5 Å². The van der Waals surface area contributed by atoms with Crippen molar-refractivity contribution in [1.82, 2.24) is 0 Å². The van der Waals surface area contributed by atoms with Gasteiger partial charge in [-0.05, 0) is 46.5 Å². The van der Waals surface area contributed by atoms with Gasteiger partial charge in [-0.3, -0.25) is 4.79 Å². The van der Waals surface area contributed by atoms with E-state index in [0.717, 1.165) is 27.5 Å². The van der Waals surface area contributed by atoms with Gasteiger partial charge in [-0.1, -0.05) is 42.5 Å². The quantitative estimate of drug-likeness (QED) is 0.426. The Morgan fingerprint density at radius 1 is 1.04 bits per heavy atom. The Balaban J connectivity index is 2.27. The van der Waals surface area contributed by atoms with Crippen LogP contribution in [0.15, 0.2) is 59.6 Å². The first-order chi connectivity index (χ1) is 12.0. The third-order valence-electron chi connectivity index (χ3n) is 4.00. The maximum atomic E-state index is 12.1. The maximum absolute atomic E-state index is 12.1. The zero-order valence-electron chi connectivity index (χ0n) is 13.7. The van der Waals surface area contributed by atoms with Crippen molar-refractivity contribution >= 4 is 28.3 Å². The summed E-state index contributed by atoms with van der Waals surface area (Å²) in [5.74, 6) is -0.765. The van der Waals surface area contributed by atoms with E-state index in [2.05, 4.69) is 9.84 Å². The summed E-state index contributed by atoms with van der Waals surface area (Å²) < 4.78 is 0. The first kappa shape index (κ1) is 16.2. The predicted molar refractivity (Wildman–Crippen MR) is 101 cm³/mol. The van der Waals surface area contributed by atoms with Gasteiger partial charge in [-0.15, -0.1) is 0 Å². The number of aliphatic imine (C=N–C) groups is 1. The van der Waals surface area contributed by atoms with Gasteiger partial charge in [0.05, 0.1) is 6.57 Å². The SMILES string of the molecule is [C-]#[N+]c1c(C)cccc1-c1cccc2ccc(C(=O)N=C(N)N)cc12. The largest absolute Gasteiger partial charge is 0.370 e. The van der Waals surface area contributed by atoms with Crippen molar-refractivity contribution in [1.29, 1.82) is 0 Å². The molecule has 0 radical (unpaired) electrons. The van der Waals surface area contributed by atoms with E-state index >= 15 is 0 Å². The Morgan fingerprint density at radius 3 is 2.48 bits per heavy atom.